The Morgan fingerprint density at radius 1 is 1.42 bits per heavy atom. The van der Waals surface area contributed by atoms with Gasteiger partial charge in [-0.25, -0.2) is 0 Å². The molecule has 8 heteroatoms. The van der Waals surface area contributed by atoms with Crippen LogP contribution in [0.4, 0.5) is 5.69 Å². The number of nitriles is 1. The molecule has 2 heterocycles. The van der Waals surface area contributed by atoms with E-state index < -0.39 is 5.92 Å². The standard InChI is InChI=1S/C16H17N5O2S/c1-19(2)11-5-3-10(4-6-11)13-12(9-17)15(18)20-7-8-24-16(20)14(13)21(22)23/h3-6,13H,7-8,18H2,1-2H3. The largest absolute Gasteiger partial charge is 0.384 e. The molecule has 1 aromatic carbocycles. The number of allylic oxidation sites excluding steroid dienone is 1. The summed E-state index contributed by atoms with van der Waals surface area (Å²) in [7, 11) is 3.84. The van der Waals surface area contributed by atoms with Gasteiger partial charge in [0.25, 0.3) is 5.70 Å². The number of rotatable bonds is 3. The smallest absolute Gasteiger partial charge is 0.288 e. The van der Waals surface area contributed by atoms with Crippen LogP contribution in [0, 0.1) is 21.4 Å². The van der Waals surface area contributed by atoms with Crippen LogP contribution in [0.3, 0.4) is 0 Å². The minimum absolute atomic E-state index is 0.0425. The number of hydrogen-bond donors (Lipinski definition) is 1. The third-order valence-electron chi connectivity index (χ3n) is 4.21. The number of nitro groups is 1. The maximum Gasteiger partial charge on any atom is 0.288 e. The number of benzene rings is 1. The van der Waals surface area contributed by atoms with Crippen LogP contribution in [0.2, 0.25) is 0 Å². The molecule has 0 spiro atoms. The Morgan fingerprint density at radius 3 is 2.62 bits per heavy atom. The van der Waals surface area contributed by atoms with Gasteiger partial charge in [0.1, 0.15) is 11.7 Å². The lowest BCUT2D eigenvalue weighted by Gasteiger charge is -2.29. The zero-order valence-corrected chi connectivity index (χ0v) is 14.2. The molecule has 1 saturated heterocycles. The van der Waals surface area contributed by atoms with Gasteiger partial charge in [0.05, 0.1) is 16.6 Å². The molecule has 2 aliphatic heterocycles. The average Bonchev–Trinajstić information content (AvgIpc) is 3.04. The zero-order valence-electron chi connectivity index (χ0n) is 13.4. The van der Waals surface area contributed by atoms with E-state index in [-0.39, 0.29) is 16.2 Å². The predicted octanol–water partition coefficient (Wildman–Crippen LogP) is 2.04. The molecule has 0 aromatic heterocycles. The zero-order chi connectivity index (χ0) is 17.4. The van der Waals surface area contributed by atoms with Crippen LogP contribution in [0.1, 0.15) is 11.5 Å². The van der Waals surface area contributed by atoms with Crippen LogP contribution in [-0.4, -0.2) is 36.2 Å². The second-order valence-corrected chi connectivity index (χ2v) is 6.86. The van der Waals surface area contributed by atoms with Gasteiger partial charge in [0.2, 0.25) is 0 Å². The summed E-state index contributed by atoms with van der Waals surface area (Å²) in [5.41, 5.74) is 8.12. The summed E-state index contributed by atoms with van der Waals surface area (Å²) >= 11 is 1.42. The lowest BCUT2D eigenvalue weighted by Crippen LogP contribution is -2.33. The normalized spacial score (nSPS) is 20.0. The summed E-state index contributed by atoms with van der Waals surface area (Å²) in [6, 6.07) is 9.51. The van der Waals surface area contributed by atoms with Crippen molar-refractivity contribution in [3.05, 3.63) is 62.1 Å². The molecule has 0 saturated carbocycles. The molecule has 1 atom stereocenters. The molecule has 1 aromatic rings. The Labute approximate surface area is 144 Å². The quantitative estimate of drug-likeness (QED) is 0.662. The van der Waals surface area contributed by atoms with Crippen LogP contribution >= 0.6 is 11.8 Å². The third-order valence-corrected chi connectivity index (χ3v) is 5.30. The fourth-order valence-electron chi connectivity index (χ4n) is 3.00. The molecule has 2 N–H and O–H groups in total. The Kier molecular flexibility index (Phi) is 4.11. The van der Waals surface area contributed by atoms with E-state index in [1.54, 1.807) is 4.90 Å². The summed E-state index contributed by atoms with van der Waals surface area (Å²) < 4.78 is 0. The molecule has 0 bridgehead atoms. The van der Waals surface area contributed by atoms with Crippen molar-refractivity contribution >= 4 is 17.4 Å². The van der Waals surface area contributed by atoms with E-state index in [0.717, 1.165) is 11.4 Å². The van der Waals surface area contributed by atoms with Gasteiger partial charge < -0.3 is 15.5 Å². The van der Waals surface area contributed by atoms with E-state index in [9.17, 15) is 15.4 Å². The van der Waals surface area contributed by atoms with E-state index in [4.69, 9.17) is 5.73 Å². The van der Waals surface area contributed by atoms with Crippen molar-refractivity contribution < 1.29 is 4.92 Å². The molecule has 124 valence electrons. The molecule has 7 nitrogen and oxygen atoms in total. The van der Waals surface area contributed by atoms with Crippen LogP contribution in [0.15, 0.2) is 46.4 Å². The molecule has 1 unspecified atom stereocenters. The number of nitrogens with two attached hydrogens (primary N) is 1. The highest BCUT2D eigenvalue weighted by Crippen LogP contribution is 2.46. The monoisotopic (exact) mass is 343 g/mol. The van der Waals surface area contributed by atoms with Crippen molar-refractivity contribution in [1.29, 1.82) is 5.26 Å². The summed E-state index contributed by atoms with van der Waals surface area (Å²) in [5.74, 6) is 0.307. The van der Waals surface area contributed by atoms with Gasteiger partial charge in [-0.2, -0.15) is 5.26 Å². The number of fused-ring (bicyclic) bond motifs is 1. The average molecular weight is 343 g/mol. The van der Waals surface area contributed by atoms with E-state index in [0.29, 0.717) is 23.0 Å². The van der Waals surface area contributed by atoms with Crippen LogP contribution in [0.5, 0.6) is 0 Å². The Balaban J connectivity index is 2.16. The summed E-state index contributed by atoms with van der Waals surface area (Å²) in [6.07, 6.45) is 0. The van der Waals surface area contributed by atoms with E-state index >= 15 is 0 Å². The Bertz CT molecular complexity index is 792. The maximum absolute atomic E-state index is 11.8. The highest BCUT2D eigenvalue weighted by Gasteiger charge is 2.44. The number of hydrogen-bond acceptors (Lipinski definition) is 7. The molecule has 3 rings (SSSR count). The molecular formula is C16H17N5O2S. The second-order valence-electron chi connectivity index (χ2n) is 5.78. The van der Waals surface area contributed by atoms with Crippen molar-refractivity contribution in [2.75, 3.05) is 31.3 Å². The summed E-state index contributed by atoms with van der Waals surface area (Å²) in [6.45, 7) is 0.584. The van der Waals surface area contributed by atoms with Gasteiger partial charge in [-0.3, -0.25) is 10.1 Å². The number of nitrogens with zero attached hydrogens (tertiary/aromatic N) is 4. The number of thioether (sulfide) groups is 1. The minimum Gasteiger partial charge on any atom is -0.384 e. The molecular weight excluding hydrogens is 326 g/mol. The van der Waals surface area contributed by atoms with Gasteiger partial charge in [-0.05, 0) is 17.7 Å². The van der Waals surface area contributed by atoms with Crippen LogP contribution < -0.4 is 10.6 Å². The Morgan fingerprint density at radius 2 is 2.08 bits per heavy atom. The second kappa shape index (κ2) is 6.09. The highest BCUT2D eigenvalue weighted by atomic mass is 32.2. The molecule has 1 fully saturated rings. The van der Waals surface area contributed by atoms with Gasteiger partial charge >= 0.3 is 0 Å². The summed E-state index contributed by atoms with van der Waals surface area (Å²) in [4.78, 5) is 15.0. The van der Waals surface area contributed by atoms with Gasteiger partial charge in [0.15, 0.2) is 5.03 Å². The highest BCUT2D eigenvalue weighted by molar-refractivity contribution is 8.03. The van der Waals surface area contributed by atoms with Crippen molar-refractivity contribution in [2.24, 2.45) is 5.73 Å². The van der Waals surface area contributed by atoms with Crippen LogP contribution in [0.25, 0.3) is 0 Å². The van der Waals surface area contributed by atoms with Crippen molar-refractivity contribution in [2.45, 2.75) is 5.92 Å². The first-order valence-electron chi connectivity index (χ1n) is 7.41. The lowest BCUT2D eigenvalue weighted by atomic mass is 9.86. The van der Waals surface area contributed by atoms with Crippen molar-refractivity contribution in [1.82, 2.24) is 4.90 Å². The topological polar surface area (TPSA) is 99.4 Å². The maximum atomic E-state index is 11.8. The van der Waals surface area contributed by atoms with E-state index in [1.807, 2.05) is 43.3 Å². The predicted molar refractivity (Wildman–Crippen MR) is 93.5 cm³/mol. The van der Waals surface area contributed by atoms with Crippen molar-refractivity contribution in [3.63, 3.8) is 0 Å². The molecule has 2 aliphatic rings. The van der Waals surface area contributed by atoms with E-state index in [1.165, 1.54) is 11.8 Å². The fourth-order valence-corrected chi connectivity index (χ4v) is 4.16. The van der Waals surface area contributed by atoms with E-state index in [2.05, 4.69) is 6.07 Å². The molecule has 0 amide bonds. The Hall–Kier alpha value is -2.66. The lowest BCUT2D eigenvalue weighted by molar-refractivity contribution is -0.430. The first kappa shape index (κ1) is 16.2. The first-order valence-corrected chi connectivity index (χ1v) is 8.40. The van der Waals surface area contributed by atoms with Crippen molar-refractivity contribution in [3.8, 4) is 6.07 Å². The molecule has 24 heavy (non-hydrogen) atoms. The molecule has 0 radical (unpaired) electrons. The van der Waals surface area contributed by atoms with Gasteiger partial charge in [-0.15, -0.1) is 0 Å². The third kappa shape index (κ3) is 2.47. The minimum atomic E-state index is -0.738. The van der Waals surface area contributed by atoms with Gasteiger partial charge in [-0.1, -0.05) is 23.9 Å². The first-order chi connectivity index (χ1) is 11.5. The SMILES string of the molecule is CN(C)c1ccc(C2C(C#N)=C(N)N3CCSC3=C2[N+](=O)[O-])cc1. The fraction of sp³-hybridized carbons (Fsp3) is 0.312. The summed E-state index contributed by atoms with van der Waals surface area (Å²) in [5, 5.41) is 21.9. The molecule has 0 aliphatic carbocycles. The van der Waals surface area contributed by atoms with Crippen LogP contribution in [-0.2, 0) is 0 Å². The number of anilines is 1. The van der Waals surface area contributed by atoms with Gasteiger partial charge in [0, 0.05) is 32.1 Å².